The number of imide groups is 1. The van der Waals surface area contributed by atoms with Crippen molar-refractivity contribution in [2.75, 3.05) is 53.6 Å². The number of morpholine rings is 1. The highest BCUT2D eigenvalue weighted by molar-refractivity contribution is 6.21. The van der Waals surface area contributed by atoms with Crippen molar-refractivity contribution >= 4 is 29.7 Å². The predicted octanol–water partition coefficient (Wildman–Crippen LogP) is -0.234. The van der Waals surface area contributed by atoms with E-state index in [1.807, 2.05) is 18.4 Å². The van der Waals surface area contributed by atoms with E-state index in [2.05, 4.69) is 19.2 Å². The maximum absolute atomic E-state index is 13.2. The molecule has 168 valence electrons. The Morgan fingerprint density at radius 1 is 1.26 bits per heavy atom. The molecule has 0 N–H and O–H groups in total. The summed E-state index contributed by atoms with van der Waals surface area (Å²) < 4.78 is 14.0. The smallest absolute Gasteiger partial charge is 0.402 e. The Hall–Kier alpha value is -2.79. The van der Waals surface area contributed by atoms with E-state index in [9.17, 15) is 14.4 Å². The monoisotopic (exact) mass is 433 g/mol. The molecule has 1 unspecified atom stereocenters. The molecule has 3 amide bonds. The van der Waals surface area contributed by atoms with Crippen molar-refractivity contribution < 1.29 is 28.4 Å². The van der Waals surface area contributed by atoms with Crippen LogP contribution in [0.3, 0.4) is 0 Å². The molecular weight excluding hydrogens is 404 g/mol. The second-order valence-electron chi connectivity index (χ2n) is 8.01. The number of methoxy groups -OCH3 is 1. The van der Waals surface area contributed by atoms with Crippen LogP contribution in [0.15, 0.2) is 4.99 Å². The maximum Gasteiger partial charge on any atom is 0.402 e. The van der Waals surface area contributed by atoms with Gasteiger partial charge in [-0.2, -0.15) is 0 Å². The molecule has 2 saturated heterocycles. The number of likely N-dealkylation sites (N-methyl/N-ethyl adjacent to an activating group) is 1. The number of ether oxygens (including phenoxy) is 2. The fourth-order valence-corrected chi connectivity index (χ4v) is 4.39. The fraction of sp³-hybridized carbons (Fsp3) is 0.650. The van der Waals surface area contributed by atoms with E-state index in [0.717, 1.165) is 62.1 Å². The zero-order valence-corrected chi connectivity index (χ0v) is 18.5. The fourth-order valence-electron chi connectivity index (χ4n) is 4.39. The topological polar surface area (TPSA) is 101 Å². The number of aromatic nitrogens is 2. The van der Waals surface area contributed by atoms with Gasteiger partial charge < -0.3 is 9.47 Å². The highest BCUT2D eigenvalue weighted by atomic mass is 16.5. The number of esters is 1. The lowest BCUT2D eigenvalue weighted by molar-refractivity contribution is -0.689. The van der Waals surface area contributed by atoms with Crippen molar-refractivity contribution in [3.05, 3.63) is 11.4 Å². The molecule has 11 nitrogen and oxygen atoms in total. The second-order valence-corrected chi connectivity index (χ2v) is 8.01. The third-order valence-electron chi connectivity index (χ3n) is 6.30. The van der Waals surface area contributed by atoms with Gasteiger partial charge in [-0.3, -0.25) is 19.4 Å². The summed E-state index contributed by atoms with van der Waals surface area (Å²) in [5.74, 6) is -0.0714. The molecule has 0 spiro atoms. The number of hydrogen-bond acceptors (Lipinski definition) is 7. The normalized spacial score (nSPS) is 21.3. The van der Waals surface area contributed by atoms with Crippen molar-refractivity contribution in [2.45, 2.75) is 32.9 Å². The molecule has 1 aromatic rings. The number of imidazole rings is 1. The minimum atomic E-state index is -0.762. The molecule has 4 rings (SSSR count). The average Bonchev–Trinajstić information content (AvgIpc) is 3.27. The number of aliphatic imine (C=N–C) groups is 1. The number of carbonyl (C=O) groups excluding carboxylic acids is 3. The molecule has 1 aromatic heterocycles. The minimum absolute atomic E-state index is 0.385. The van der Waals surface area contributed by atoms with Crippen molar-refractivity contribution in [3.8, 4) is 0 Å². The largest absolute Gasteiger partial charge is 0.468 e. The molecular formula is C20H29N6O5+. The van der Waals surface area contributed by atoms with Crippen LogP contribution in [0.1, 0.15) is 23.9 Å². The van der Waals surface area contributed by atoms with Gasteiger partial charge in [0.2, 0.25) is 11.9 Å². The number of fused-ring (bicyclic) bond motifs is 3. The van der Waals surface area contributed by atoms with Crippen LogP contribution >= 0.6 is 0 Å². The first kappa shape index (κ1) is 21.4. The van der Waals surface area contributed by atoms with E-state index in [1.54, 1.807) is 7.05 Å². The summed E-state index contributed by atoms with van der Waals surface area (Å²) in [7, 11) is 2.80. The molecule has 0 saturated carbocycles. The summed E-state index contributed by atoms with van der Waals surface area (Å²) >= 11 is 0. The molecule has 11 heteroatoms. The van der Waals surface area contributed by atoms with Crippen molar-refractivity contribution in [3.63, 3.8) is 0 Å². The molecule has 1 atom stereocenters. The zero-order valence-electron chi connectivity index (χ0n) is 18.5. The van der Waals surface area contributed by atoms with Crippen LogP contribution in [0.2, 0.25) is 0 Å². The van der Waals surface area contributed by atoms with Gasteiger partial charge in [0.15, 0.2) is 0 Å². The summed E-state index contributed by atoms with van der Waals surface area (Å²) in [6.07, 6.45) is 0.939. The summed E-state index contributed by atoms with van der Waals surface area (Å²) in [6, 6.07) is -1.34. The third kappa shape index (κ3) is 3.61. The van der Waals surface area contributed by atoms with Gasteiger partial charge in [0, 0.05) is 26.7 Å². The predicted molar refractivity (Wildman–Crippen MR) is 109 cm³/mol. The van der Waals surface area contributed by atoms with Crippen LogP contribution in [0.25, 0.3) is 0 Å². The van der Waals surface area contributed by atoms with Gasteiger partial charge in [-0.1, -0.05) is 4.99 Å². The van der Waals surface area contributed by atoms with E-state index in [1.165, 1.54) is 12.0 Å². The van der Waals surface area contributed by atoms with Crippen LogP contribution in [-0.2, 0) is 25.6 Å². The number of urea groups is 1. The van der Waals surface area contributed by atoms with Gasteiger partial charge in [0.05, 0.1) is 26.9 Å². The van der Waals surface area contributed by atoms with E-state index in [0.29, 0.717) is 11.8 Å². The van der Waals surface area contributed by atoms with Crippen molar-refractivity contribution in [1.29, 1.82) is 0 Å². The molecule has 2 fully saturated rings. The summed E-state index contributed by atoms with van der Waals surface area (Å²) in [5.41, 5.74) is 1.95. The number of rotatable bonds is 6. The van der Waals surface area contributed by atoms with Gasteiger partial charge in [-0.25, -0.2) is 18.8 Å². The SMILES string of the molecule is COC(=O)CN1C(=O)C2C(=Nc3n2c(C)c(C)[n+]3CCCN2CCOCC2)N(C)C1=O. The Labute approximate surface area is 180 Å². The van der Waals surface area contributed by atoms with Crippen LogP contribution in [0, 0.1) is 13.8 Å². The summed E-state index contributed by atoms with van der Waals surface area (Å²) in [5, 5.41) is 0. The minimum Gasteiger partial charge on any atom is -0.468 e. The van der Waals surface area contributed by atoms with Crippen molar-refractivity contribution in [1.82, 2.24) is 19.3 Å². The van der Waals surface area contributed by atoms with E-state index in [-0.39, 0.29) is 0 Å². The van der Waals surface area contributed by atoms with Gasteiger partial charge >= 0.3 is 17.9 Å². The molecule has 3 aliphatic heterocycles. The van der Waals surface area contributed by atoms with Gasteiger partial charge in [-0.05, 0) is 20.3 Å². The van der Waals surface area contributed by atoms with Crippen LogP contribution < -0.4 is 4.57 Å². The average molecular weight is 433 g/mol. The van der Waals surface area contributed by atoms with Gasteiger partial charge in [-0.15, -0.1) is 0 Å². The van der Waals surface area contributed by atoms with Crippen LogP contribution in [-0.4, -0.2) is 96.6 Å². The van der Waals surface area contributed by atoms with Crippen molar-refractivity contribution in [2.24, 2.45) is 4.99 Å². The summed E-state index contributed by atoms with van der Waals surface area (Å²) in [6.45, 7) is 8.69. The first-order valence-electron chi connectivity index (χ1n) is 10.5. The highest BCUT2D eigenvalue weighted by Crippen LogP contribution is 2.35. The number of carbonyl (C=O) groups is 3. The summed E-state index contributed by atoms with van der Waals surface area (Å²) in [4.78, 5) is 47.0. The first-order chi connectivity index (χ1) is 14.8. The molecule has 4 heterocycles. The lowest BCUT2D eigenvalue weighted by atomic mass is 10.1. The van der Waals surface area contributed by atoms with E-state index in [4.69, 9.17) is 4.74 Å². The Bertz CT molecular complexity index is 948. The maximum atomic E-state index is 13.2. The lowest BCUT2D eigenvalue weighted by Crippen LogP contribution is -2.58. The van der Waals surface area contributed by atoms with Gasteiger partial charge in [0.25, 0.3) is 5.91 Å². The number of hydrogen-bond donors (Lipinski definition) is 0. The first-order valence-corrected chi connectivity index (χ1v) is 10.5. The second kappa shape index (κ2) is 8.39. The number of amidine groups is 1. The zero-order chi connectivity index (χ0) is 22.3. The standard InChI is InChI=1S/C20H29N6O5/c1-13-14(2)26-16-17(22(3)20(29)25(18(16)28)12-15(27)30-4)21-19(26)24(13)7-5-6-23-8-10-31-11-9-23/h16H,5-12H2,1-4H3/q+1. The van der Waals surface area contributed by atoms with Crippen LogP contribution in [0.4, 0.5) is 10.7 Å². The third-order valence-corrected chi connectivity index (χ3v) is 6.30. The Kier molecular flexibility index (Phi) is 5.80. The Morgan fingerprint density at radius 2 is 1.97 bits per heavy atom. The van der Waals surface area contributed by atoms with E-state index < -0.39 is 30.5 Å². The molecule has 0 aliphatic carbocycles. The molecule has 0 radical (unpaired) electrons. The van der Waals surface area contributed by atoms with Gasteiger partial charge in [0.1, 0.15) is 17.9 Å². The van der Waals surface area contributed by atoms with E-state index >= 15 is 0 Å². The quantitative estimate of drug-likeness (QED) is 0.454. The molecule has 31 heavy (non-hydrogen) atoms. The molecule has 0 aromatic carbocycles. The lowest BCUT2D eigenvalue weighted by Gasteiger charge is -2.32. The molecule has 3 aliphatic rings. The van der Waals surface area contributed by atoms with Crippen LogP contribution in [0.5, 0.6) is 0 Å². The highest BCUT2D eigenvalue weighted by Gasteiger charge is 2.54. The Morgan fingerprint density at radius 3 is 2.65 bits per heavy atom. The Balaban J connectivity index is 1.59. The number of amides is 3. The number of nitrogens with zero attached hydrogens (tertiary/aromatic N) is 6. The molecule has 0 bridgehead atoms.